The molecule has 1 N–H and O–H groups in total. The fourth-order valence-corrected chi connectivity index (χ4v) is 2.84. The van der Waals surface area contributed by atoms with E-state index in [1.807, 2.05) is 7.05 Å². The zero-order valence-electron chi connectivity index (χ0n) is 11.4. The van der Waals surface area contributed by atoms with Crippen LogP contribution in [0.4, 0.5) is 5.69 Å². The Labute approximate surface area is 115 Å². The van der Waals surface area contributed by atoms with E-state index in [9.17, 15) is 0 Å². The highest BCUT2D eigenvalue weighted by atomic mass is 35.5. The minimum atomic E-state index is 0.811. The van der Waals surface area contributed by atoms with Crippen LogP contribution in [-0.4, -0.2) is 26.7 Å². The molecule has 1 atom stereocenters. The molecule has 1 aromatic carbocycles. The highest BCUT2D eigenvalue weighted by Crippen LogP contribution is 2.28. The first kappa shape index (κ1) is 13.7. The Morgan fingerprint density at radius 2 is 2.28 bits per heavy atom. The van der Waals surface area contributed by atoms with Gasteiger partial charge in [-0.15, -0.1) is 0 Å². The standard InChI is InChI=1S/C15H23ClN2/c1-12-5-6-14(10-15(12)16)18-9-3-4-13(11-18)7-8-17-2/h5-6,10,13,17H,3-4,7-9,11H2,1-2H3. The van der Waals surface area contributed by atoms with Crippen molar-refractivity contribution in [2.24, 2.45) is 5.92 Å². The number of benzene rings is 1. The Morgan fingerprint density at radius 1 is 1.44 bits per heavy atom. The molecule has 0 aliphatic carbocycles. The van der Waals surface area contributed by atoms with Crippen LogP contribution in [-0.2, 0) is 0 Å². The summed E-state index contributed by atoms with van der Waals surface area (Å²) in [7, 11) is 2.03. The average molecular weight is 267 g/mol. The van der Waals surface area contributed by atoms with Gasteiger partial charge in [0, 0.05) is 23.8 Å². The number of nitrogens with one attached hydrogen (secondary N) is 1. The lowest BCUT2D eigenvalue weighted by molar-refractivity contribution is 0.387. The number of halogens is 1. The number of hydrogen-bond acceptors (Lipinski definition) is 2. The number of piperidine rings is 1. The van der Waals surface area contributed by atoms with Crippen LogP contribution in [0.5, 0.6) is 0 Å². The number of aryl methyl sites for hydroxylation is 1. The smallest absolute Gasteiger partial charge is 0.0455 e. The van der Waals surface area contributed by atoms with E-state index in [0.717, 1.165) is 29.6 Å². The SMILES string of the molecule is CNCCC1CCCN(c2ccc(C)c(Cl)c2)C1. The number of rotatable bonds is 4. The molecular weight excluding hydrogens is 244 g/mol. The minimum Gasteiger partial charge on any atom is -0.371 e. The maximum atomic E-state index is 6.22. The molecule has 1 aliphatic rings. The quantitative estimate of drug-likeness (QED) is 0.898. The molecule has 1 fully saturated rings. The number of nitrogens with zero attached hydrogens (tertiary/aromatic N) is 1. The lowest BCUT2D eigenvalue weighted by Gasteiger charge is -2.34. The van der Waals surface area contributed by atoms with Gasteiger partial charge in [-0.25, -0.2) is 0 Å². The monoisotopic (exact) mass is 266 g/mol. The van der Waals surface area contributed by atoms with E-state index in [1.54, 1.807) is 0 Å². The first-order valence-electron chi connectivity index (χ1n) is 6.86. The van der Waals surface area contributed by atoms with Crippen LogP contribution in [0.3, 0.4) is 0 Å². The first-order valence-corrected chi connectivity index (χ1v) is 7.24. The molecule has 0 aromatic heterocycles. The van der Waals surface area contributed by atoms with E-state index in [-0.39, 0.29) is 0 Å². The van der Waals surface area contributed by atoms with Crippen LogP contribution in [0.15, 0.2) is 18.2 Å². The minimum absolute atomic E-state index is 0.811. The van der Waals surface area contributed by atoms with Crippen molar-refractivity contribution in [1.29, 1.82) is 0 Å². The number of anilines is 1. The van der Waals surface area contributed by atoms with Gasteiger partial charge in [-0.2, -0.15) is 0 Å². The van der Waals surface area contributed by atoms with Crippen molar-refractivity contribution in [3.8, 4) is 0 Å². The molecule has 1 heterocycles. The van der Waals surface area contributed by atoms with Crippen molar-refractivity contribution in [2.75, 3.05) is 31.6 Å². The van der Waals surface area contributed by atoms with Crippen LogP contribution in [0.25, 0.3) is 0 Å². The summed E-state index contributed by atoms with van der Waals surface area (Å²) in [5, 5.41) is 4.13. The van der Waals surface area contributed by atoms with Crippen molar-refractivity contribution >= 4 is 17.3 Å². The highest BCUT2D eigenvalue weighted by Gasteiger charge is 2.19. The summed E-state index contributed by atoms with van der Waals surface area (Å²) in [6.07, 6.45) is 3.92. The van der Waals surface area contributed by atoms with Crippen LogP contribution < -0.4 is 10.2 Å². The third-order valence-electron chi connectivity index (χ3n) is 3.84. The molecule has 1 unspecified atom stereocenters. The molecule has 0 radical (unpaired) electrons. The van der Waals surface area contributed by atoms with Gasteiger partial charge < -0.3 is 10.2 Å². The molecule has 0 amide bonds. The Kier molecular flexibility index (Phi) is 4.90. The normalized spacial score (nSPS) is 20.2. The van der Waals surface area contributed by atoms with Crippen molar-refractivity contribution < 1.29 is 0 Å². The molecule has 18 heavy (non-hydrogen) atoms. The van der Waals surface area contributed by atoms with Crippen LogP contribution in [0.2, 0.25) is 5.02 Å². The summed E-state index contributed by atoms with van der Waals surface area (Å²) in [4.78, 5) is 2.48. The summed E-state index contributed by atoms with van der Waals surface area (Å²) in [5.41, 5.74) is 2.43. The second kappa shape index (κ2) is 6.44. The van der Waals surface area contributed by atoms with Gasteiger partial charge in [-0.1, -0.05) is 17.7 Å². The summed E-state index contributed by atoms with van der Waals surface area (Å²) >= 11 is 6.22. The Balaban J connectivity index is 2.01. The van der Waals surface area contributed by atoms with Crippen LogP contribution >= 0.6 is 11.6 Å². The highest BCUT2D eigenvalue weighted by molar-refractivity contribution is 6.31. The lowest BCUT2D eigenvalue weighted by atomic mass is 9.94. The average Bonchev–Trinajstić information content (AvgIpc) is 2.40. The van der Waals surface area contributed by atoms with E-state index in [2.05, 4.69) is 35.3 Å². The molecule has 2 nitrogen and oxygen atoms in total. The van der Waals surface area contributed by atoms with Gasteiger partial charge in [0.1, 0.15) is 0 Å². The largest absolute Gasteiger partial charge is 0.371 e. The molecule has 1 aromatic rings. The lowest BCUT2D eigenvalue weighted by Crippen LogP contribution is -2.36. The molecule has 1 aliphatic heterocycles. The molecule has 100 valence electrons. The Hall–Kier alpha value is -0.730. The summed E-state index contributed by atoms with van der Waals surface area (Å²) in [6.45, 7) is 5.50. The van der Waals surface area contributed by atoms with Gasteiger partial charge >= 0.3 is 0 Å². The summed E-state index contributed by atoms with van der Waals surface area (Å²) < 4.78 is 0. The fourth-order valence-electron chi connectivity index (χ4n) is 2.66. The van der Waals surface area contributed by atoms with Crippen molar-refractivity contribution in [3.05, 3.63) is 28.8 Å². The van der Waals surface area contributed by atoms with Gasteiger partial charge in [0.25, 0.3) is 0 Å². The van der Waals surface area contributed by atoms with Gasteiger partial charge in [-0.3, -0.25) is 0 Å². The van der Waals surface area contributed by atoms with Crippen molar-refractivity contribution in [3.63, 3.8) is 0 Å². The number of hydrogen-bond donors (Lipinski definition) is 1. The third kappa shape index (κ3) is 3.39. The summed E-state index contributed by atoms with van der Waals surface area (Å²) in [6, 6.07) is 6.42. The maximum Gasteiger partial charge on any atom is 0.0455 e. The molecule has 3 heteroatoms. The second-order valence-corrected chi connectivity index (χ2v) is 5.69. The topological polar surface area (TPSA) is 15.3 Å². The van der Waals surface area contributed by atoms with E-state index in [1.165, 1.54) is 31.5 Å². The molecule has 2 rings (SSSR count). The molecule has 0 saturated carbocycles. The van der Waals surface area contributed by atoms with E-state index in [4.69, 9.17) is 11.6 Å². The van der Waals surface area contributed by atoms with Crippen molar-refractivity contribution in [1.82, 2.24) is 5.32 Å². The van der Waals surface area contributed by atoms with E-state index >= 15 is 0 Å². The van der Waals surface area contributed by atoms with Gasteiger partial charge in [0.15, 0.2) is 0 Å². The second-order valence-electron chi connectivity index (χ2n) is 5.28. The molecule has 1 saturated heterocycles. The first-order chi connectivity index (χ1) is 8.70. The molecule has 0 spiro atoms. The molecular formula is C15H23ClN2. The van der Waals surface area contributed by atoms with E-state index in [0.29, 0.717) is 0 Å². The van der Waals surface area contributed by atoms with Gasteiger partial charge in [0.05, 0.1) is 0 Å². The fraction of sp³-hybridized carbons (Fsp3) is 0.600. The van der Waals surface area contributed by atoms with E-state index < -0.39 is 0 Å². The van der Waals surface area contributed by atoms with Gasteiger partial charge in [0.2, 0.25) is 0 Å². The zero-order chi connectivity index (χ0) is 13.0. The predicted molar refractivity (Wildman–Crippen MR) is 79.7 cm³/mol. The summed E-state index contributed by atoms with van der Waals surface area (Å²) in [5.74, 6) is 0.811. The van der Waals surface area contributed by atoms with Gasteiger partial charge in [-0.05, 0) is 63.4 Å². The zero-order valence-corrected chi connectivity index (χ0v) is 12.1. The van der Waals surface area contributed by atoms with Crippen LogP contribution in [0, 0.1) is 12.8 Å². The van der Waals surface area contributed by atoms with Crippen molar-refractivity contribution in [2.45, 2.75) is 26.2 Å². The van der Waals surface area contributed by atoms with Crippen LogP contribution in [0.1, 0.15) is 24.8 Å². The third-order valence-corrected chi connectivity index (χ3v) is 4.25. The Bertz CT molecular complexity index is 392. The maximum absolute atomic E-state index is 6.22. The predicted octanol–water partition coefficient (Wildman–Crippen LogP) is 3.47. The Morgan fingerprint density at radius 3 is 3.00 bits per heavy atom. The molecule has 0 bridgehead atoms.